The van der Waals surface area contributed by atoms with Crippen molar-refractivity contribution in [2.45, 2.75) is 32.6 Å². The Morgan fingerprint density at radius 3 is 2.55 bits per heavy atom. The predicted octanol–water partition coefficient (Wildman–Crippen LogP) is 4.44. The van der Waals surface area contributed by atoms with Crippen molar-refractivity contribution in [3.05, 3.63) is 64.1 Å². The van der Waals surface area contributed by atoms with Gasteiger partial charge in [-0.1, -0.05) is 75.1 Å². The van der Waals surface area contributed by atoms with Gasteiger partial charge in [-0.25, -0.2) is 0 Å². The van der Waals surface area contributed by atoms with Gasteiger partial charge in [0.1, 0.15) is 10.1 Å². The Bertz CT molecular complexity index is 1080. The van der Waals surface area contributed by atoms with E-state index in [-0.39, 0.29) is 23.8 Å². The van der Waals surface area contributed by atoms with Crippen LogP contribution in [-0.4, -0.2) is 29.3 Å². The van der Waals surface area contributed by atoms with Crippen LogP contribution in [0.2, 0.25) is 0 Å². The molecule has 0 aromatic heterocycles. The minimum Gasteiger partial charge on any atom is -0.482 e. The molecule has 5 nitrogen and oxygen atoms in total. The highest BCUT2D eigenvalue weighted by Crippen LogP contribution is 2.35. The lowest BCUT2D eigenvalue weighted by Gasteiger charge is -2.30. The van der Waals surface area contributed by atoms with Crippen molar-refractivity contribution < 1.29 is 14.3 Å². The lowest BCUT2D eigenvalue weighted by Crippen LogP contribution is -2.40. The number of nitrogens with zero attached hydrogens (tertiary/aromatic N) is 1. The van der Waals surface area contributed by atoms with Crippen molar-refractivity contribution >= 4 is 51.9 Å². The second-order valence-corrected chi connectivity index (χ2v) is 10.3. The van der Waals surface area contributed by atoms with Gasteiger partial charge in [-0.3, -0.25) is 9.59 Å². The lowest BCUT2D eigenvalue weighted by atomic mass is 9.86. The second-order valence-electron chi connectivity index (χ2n) is 8.61. The number of benzene rings is 2. The molecule has 0 spiro atoms. The van der Waals surface area contributed by atoms with Crippen LogP contribution in [0.25, 0.3) is 6.08 Å². The van der Waals surface area contributed by atoms with Crippen LogP contribution in [0.1, 0.15) is 37.5 Å². The Kier molecular flexibility index (Phi) is 5.90. The number of thiocarbonyl (C=S) groups is 1. The number of ether oxygens (including phenoxy) is 1. The molecule has 0 aliphatic carbocycles. The van der Waals surface area contributed by atoms with E-state index in [1.807, 2.05) is 18.2 Å². The average molecular weight is 453 g/mol. The standard InChI is InChI=1S/C24H24N2O3S2/c1-24(2,3)17-7-4-15(5-8-17)10-11-26-18-12-16(6-9-19(18)29-14-21(26)27)13-20-22(28)25-23(30)31-20/h4-9,12-13H,10-11,14H2,1-3H3,(H,25,28,30). The highest BCUT2D eigenvalue weighted by Gasteiger charge is 2.26. The normalized spacial score (nSPS) is 17.6. The number of amides is 2. The molecule has 1 saturated heterocycles. The van der Waals surface area contributed by atoms with Crippen LogP contribution in [-0.2, 0) is 21.4 Å². The Morgan fingerprint density at radius 2 is 1.90 bits per heavy atom. The molecule has 160 valence electrons. The smallest absolute Gasteiger partial charge is 0.265 e. The number of rotatable bonds is 4. The van der Waals surface area contributed by atoms with Gasteiger partial charge < -0.3 is 15.0 Å². The largest absolute Gasteiger partial charge is 0.482 e. The molecule has 31 heavy (non-hydrogen) atoms. The number of carbonyl (C=O) groups is 2. The Labute approximate surface area is 191 Å². The number of nitrogens with one attached hydrogen (secondary N) is 1. The minimum atomic E-state index is -0.199. The van der Waals surface area contributed by atoms with Gasteiger partial charge in [0, 0.05) is 6.54 Å². The zero-order valence-corrected chi connectivity index (χ0v) is 19.4. The first kappa shape index (κ1) is 21.6. The van der Waals surface area contributed by atoms with Gasteiger partial charge in [-0.2, -0.15) is 0 Å². The Hall–Kier alpha value is -2.64. The fourth-order valence-corrected chi connectivity index (χ4v) is 4.58. The first-order valence-electron chi connectivity index (χ1n) is 10.1. The fourth-order valence-electron chi connectivity index (χ4n) is 3.54. The zero-order chi connectivity index (χ0) is 22.2. The van der Waals surface area contributed by atoms with Crippen LogP contribution in [0.5, 0.6) is 5.75 Å². The maximum Gasteiger partial charge on any atom is 0.265 e. The van der Waals surface area contributed by atoms with E-state index in [9.17, 15) is 9.59 Å². The van der Waals surface area contributed by atoms with Gasteiger partial charge >= 0.3 is 0 Å². The van der Waals surface area contributed by atoms with E-state index in [2.05, 4.69) is 50.4 Å². The maximum atomic E-state index is 12.6. The summed E-state index contributed by atoms with van der Waals surface area (Å²) in [4.78, 5) is 26.9. The summed E-state index contributed by atoms with van der Waals surface area (Å²) in [5, 5.41) is 2.61. The SMILES string of the molecule is CC(C)(C)c1ccc(CCN2C(=O)COc3ccc(C=C4SC(=S)NC4=O)cc32)cc1. The van der Waals surface area contributed by atoms with Gasteiger partial charge in [0.05, 0.1) is 10.6 Å². The van der Waals surface area contributed by atoms with Crippen molar-refractivity contribution in [1.82, 2.24) is 5.32 Å². The van der Waals surface area contributed by atoms with Crippen LogP contribution >= 0.6 is 24.0 Å². The monoisotopic (exact) mass is 452 g/mol. The van der Waals surface area contributed by atoms with Crippen LogP contribution in [0.3, 0.4) is 0 Å². The molecule has 0 radical (unpaired) electrons. The van der Waals surface area contributed by atoms with E-state index in [1.165, 1.54) is 22.9 Å². The molecule has 1 N–H and O–H groups in total. The van der Waals surface area contributed by atoms with Gasteiger partial charge in [0.2, 0.25) is 0 Å². The van der Waals surface area contributed by atoms with Crippen molar-refractivity contribution in [3.63, 3.8) is 0 Å². The molecule has 2 amide bonds. The molecule has 1 fully saturated rings. The molecular formula is C24H24N2O3S2. The third-order valence-electron chi connectivity index (χ3n) is 5.31. The summed E-state index contributed by atoms with van der Waals surface area (Å²) in [6.07, 6.45) is 2.52. The van der Waals surface area contributed by atoms with Crippen LogP contribution in [0, 0.1) is 0 Å². The Morgan fingerprint density at radius 1 is 1.16 bits per heavy atom. The number of hydrogen-bond acceptors (Lipinski definition) is 5. The third kappa shape index (κ3) is 4.83. The predicted molar refractivity (Wildman–Crippen MR) is 129 cm³/mol. The molecule has 7 heteroatoms. The summed E-state index contributed by atoms with van der Waals surface area (Å²) in [6.45, 7) is 7.17. The number of carbonyl (C=O) groups excluding carboxylic acids is 2. The van der Waals surface area contributed by atoms with Crippen molar-refractivity contribution in [3.8, 4) is 5.75 Å². The number of anilines is 1. The molecule has 0 bridgehead atoms. The first-order valence-corrected chi connectivity index (χ1v) is 11.3. The van der Waals surface area contributed by atoms with Crippen LogP contribution in [0.4, 0.5) is 5.69 Å². The number of fused-ring (bicyclic) bond motifs is 1. The summed E-state index contributed by atoms with van der Waals surface area (Å²) >= 11 is 6.28. The average Bonchev–Trinajstić information content (AvgIpc) is 3.03. The molecule has 2 aromatic rings. The number of hydrogen-bond donors (Lipinski definition) is 1. The molecule has 2 aliphatic heterocycles. The van der Waals surface area contributed by atoms with E-state index < -0.39 is 0 Å². The summed E-state index contributed by atoms with van der Waals surface area (Å²) in [6, 6.07) is 14.2. The van der Waals surface area contributed by atoms with Gasteiger partial charge in [-0.15, -0.1) is 0 Å². The summed E-state index contributed by atoms with van der Waals surface area (Å²) in [7, 11) is 0. The molecular weight excluding hydrogens is 428 g/mol. The molecule has 2 aromatic carbocycles. The molecule has 0 saturated carbocycles. The molecule has 0 atom stereocenters. The summed E-state index contributed by atoms with van der Waals surface area (Å²) in [5.74, 6) is 0.400. The summed E-state index contributed by atoms with van der Waals surface area (Å²) in [5.41, 5.74) is 4.12. The molecule has 4 rings (SSSR count). The first-order chi connectivity index (χ1) is 14.7. The molecule has 0 unspecified atom stereocenters. The molecule has 2 aliphatic rings. The quantitative estimate of drug-likeness (QED) is 0.549. The van der Waals surface area contributed by atoms with Crippen LogP contribution in [0.15, 0.2) is 47.4 Å². The Balaban J connectivity index is 1.54. The molecule has 2 heterocycles. The minimum absolute atomic E-state index is 0.0307. The lowest BCUT2D eigenvalue weighted by molar-refractivity contribution is -0.121. The maximum absolute atomic E-state index is 12.6. The second kappa shape index (κ2) is 8.48. The van der Waals surface area contributed by atoms with E-state index in [0.717, 1.165) is 17.7 Å². The van der Waals surface area contributed by atoms with Crippen molar-refractivity contribution in [2.24, 2.45) is 0 Å². The summed E-state index contributed by atoms with van der Waals surface area (Å²) < 4.78 is 6.07. The van der Waals surface area contributed by atoms with Crippen LogP contribution < -0.4 is 15.0 Å². The van der Waals surface area contributed by atoms with Gasteiger partial charge in [-0.05, 0) is 46.7 Å². The third-order valence-corrected chi connectivity index (χ3v) is 6.47. The van der Waals surface area contributed by atoms with Gasteiger partial charge in [0.15, 0.2) is 6.61 Å². The van der Waals surface area contributed by atoms with Crippen molar-refractivity contribution in [2.75, 3.05) is 18.1 Å². The van der Waals surface area contributed by atoms with E-state index in [1.54, 1.807) is 11.0 Å². The van der Waals surface area contributed by atoms with Gasteiger partial charge in [0.25, 0.3) is 11.8 Å². The van der Waals surface area contributed by atoms with E-state index >= 15 is 0 Å². The highest BCUT2D eigenvalue weighted by atomic mass is 32.2. The van der Waals surface area contributed by atoms with Crippen molar-refractivity contribution in [1.29, 1.82) is 0 Å². The number of thioether (sulfide) groups is 1. The van der Waals surface area contributed by atoms with E-state index in [4.69, 9.17) is 17.0 Å². The highest BCUT2D eigenvalue weighted by molar-refractivity contribution is 8.26. The topological polar surface area (TPSA) is 58.6 Å². The fraction of sp³-hybridized carbons (Fsp3) is 0.292. The van der Waals surface area contributed by atoms with E-state index in [0.29, 0.717) is 21.5 Å². The zero-order valence-electron chi connectivity index (χ0n) is 17.7.